The standard InChI is InChI=1S/C18H20BrNO/c1-20-17(12-13-6-8-14(19)9-7-13)15-10-11-21-18-5-3-2-4-16(15)18/h2-9,15,17,20H,10-12H2,1H3. The second-order valence-corrected chi connectivity index (χ2v) is 6.42. The van der Waals surface area contributed by atoms with Crippen molar-refractivity contribution >= 4 is 15.9 Å². The SMILES string of the molecule is CNC(Cc1ccc(Br)cc1)C1CCOc2ccccc21. The maximum absolute atomic E-state index is 5.78. The average Bonchev–Trinajstić information content (AvgIpc) is 2.54. The molecular formula is C18H20BrNO. The molecule has 0 aliphatic carbocycles. The Bertz CT molecular complexity index is 596. The number of benzene rings is 2. The van der Waals surface area contributed by atoms with Gasteiger partial charge in [0.05, 0.1) is 6.61 Å². The molecule has 2 aromatic carbocycles. The second kappa shape index (κ2) is 6.63. The molecule has 0 fully saturated rings. The summed E-state index contributed by atoms with van der Waals surface area (Å²) in [5, 5.41) is 3.51. The Labute approximate surface area is 134 Å². The number of nitrogens with one attached hydrogen (secondary N) is 1. The van der Waals surface area contributed by atoms with Gasteiger partial charge in [-0.2, -0.15) is 0 Å². The molecule has 0 radical (unpaired) electrons. The molecule has 0 aromatic heterocycles. The van der Waals surface area contributed by atoms with Crippen LogP contribution < -0.4 is 10.1 Å². The van der Waals surface area contributed by atoms with Crippen LogP contribution in [-0.4, -0.2) is 19.7 Å². The van der Waals surface area contributed by atoms with Crippen molar-refractivity contribution in [3.8, 4) is 5.75 Å². The Kier molecular flexibility index (Phi) is 4.61. The minimum atomic E-state index is 0.427. The number of ether oxygens (including phenoxy) is 1. The maximum atomic E-state index is 5.78. The third-order valence-corrected chi connectivity index (χ3v) is 4.76. The van der Waals surface area contributed by atoms with E-state index in [9.17, 15) is 0 Å². The van der Waals surface area contributed by atoms with Gasteiger partial charge in [0.25, 0.3) is 0 Å². The molecule has 110 valence electrons. The molecule has 1 N–H and O–H groups in total. The lowest BCUT2D eigenvalue weighted by molar-refractivity contribution is 0.247. The van der Waals surface area contributed by atoms with Crippen molar-refractivity contribution in [2.45, 2.75) is 24.8 Å². The molecule has 1 aliphatic rings. The lowest BCUT2D eigenvalue weighted by Gasteiger charge is -2.32. The van der Waals surface area contributed by atoms with Crippen LogP contribution in [0.5, 0.6) is 5.75 Å². The van der Waals surface area contributed by atoms with Crippen LogP contribution in [0.1, 0.15) is 23.5 Å². The van der Waals surface area contributed by atoms with E-state index in [-0.39, 0.29) is 0 Å². The van der Waals surface area contributed by atoms with Crippen molar-refractivity contribution in [3.63, 3.8) is 0 Å². The first-order valence-electron chi connectivity index (χ1n) is 7.41. The van der Waals surface area contributed by atoms with E-state index in [1.54, 1.807) is 0 Å². The monoisotopic (exact) mass is 345 g/mol. The third kappa shape index (κ3) is 3.30. The van der Waals surface area contributed by atoms with Crippen molar-refractivity contribution in [3.05, 3.63) is 64.1 Å². The summed E-state index contributed by atoms with van der Waals surface area (Å²) in [6.45, 7) is 0.806. The van der Waals surface area contributed by atoms with Gasteiger partial charge in [-0.1, -0.05) is 46.3 Å². The van der Waals surface area contributed by atoms with Gasteiger partial charge >= 0.3 is 0 Å². The van der Waals surface area contributed by atoms with Crippen molar-refractivity contribution in [2.75, 3.05) is 13.7 Å². The van der Waals surface area contributed by atoms with Crippen molar-refractivity contribution in [2.24, 2.45) is 0 Å². The van der Waals surface area contributed by atoms with Gasteiger partial charge in [0, 0.05) is 16.4 Å². The van der Waals surface area contributed by atoms with E-state index in [4.69, 9.17) is 4.74 Å². The van der Waals surface area contributed by atoms with Crippen molar-refractivity contribution in [1.29, 1.82) is 0 Å². The Morgan fingerprint density at radius 3 is 2.71 bits per heavy atom. The molecule has 0 spiro atoms. The Balaban J connectivity index is 1.82. The topological polar surface area (TPSA) is 21.3 Å². The molecule has 2 unspecified atom stereocenters. The van der Waals surface area contributed by atoms with Crippen LogP contribution in [0, 0.1) is 0 Å². The smallest absolute Gasteiger partial charge is 0.122 e. The Morgan fingerprint density at radius 2 is 1.95 bits per heavy atom. The molecule has 21 heavy (non-hydrogen) atoms. The molecule has 2 nitrogen and oxygen atoms in total. The minimum Gasteiger partial charge on any atom is -0.493 e. The predicted octanol–water partition coefficient (Wildman–Crippen LogP) is 4.15. The van der Waals surface area contributed by atoms with Crippen LogP contribution >= 0.6 is 15.9 Å². The molecule has 0 bridgehead atoms. The quantitative estimate of drug-likeness (QED) is 0.898. The molecule has 3 rings (SSSR count). The van der Waals surface area contributed by atoms with Gasteiger partial charge in [0.2, 0.25) is 0 Å². The van der Waals surface area contributed by atoms with Gasteiger partial charge in [-0.25, -0.2) is 0 Å². The fourth-order valence-electron chi connectivity index (χ4n) is 3.11. The van der Waals surface area contributed by atoms with E-state index >= 15 is 0 Å². The summed E-state index contributed by atoms with van der Waals surface area (Å²) in [4.78, 5) is 0. The van der Waals surface area contributed by atoms with Crippen molar-refractivity contribution < 1.29 is 4.74 Å². The average molecular weight is 346 g/mol. The van der Waals surface area contributed by atoms with E-state index in [1.807, 2.05) is 6.07 Å². The lowest BCUT2D eigenvalue weighted by Crippen LogP contribution is -2.36. The van der Waals surface area contributed by atoms with E-state index < -0.39 is 0 Å². The highest BCUT2D eigenvalue weighted by Crippen LogP contribution is 2.36. The molecule has 1 aliphatic heterocycles. The Morgan fingerprint density at radius 1 is 1.19 bits per heavy atom. The first kappa shape index (κ1) is 14.6. The van der Waals surface area contributed by atoms with Crippen LogP contribution in [0.4, 0.5) is 0 Å². The summed E-state index contributed by atoms with van der Waals surface area (Å²) < 4.78 is 6.91. The number of hydrogen-bond acceptors (Lipinski definition) is 2. The maximum Gasteiger partial charge on any atom is 0.122 e. The zero-order chi connectivity index (χ0) is 14.7. The van der Waals surface area contributed by atoms with Gasteiger partial charge in [0.15, 0.2) is 0 Å². The summed E-state index contributed by atoms with van der Waals surface area (Å²) in [5.41, 5.74) is 2.70. The summed E-state index contributed by atoms with van der Waals surface area (Å²) >= 11 is 3.49. The summed E-state index contributed by atoms with van der Waals surface area (Å²) in [7, 11) is 2.06. The number of fused-ring (bicyclic) bond motifs is 1. The van der Waals surface area contributed by atoms with Crippen LogP contribution in [0.25, 0.3) is 0 Å². The first-order valence-corrected chi connectivity index (χ1v) is 8.20. The largest absolute Gasteiger partial charge is 0.493 e. The highest BCUT2D eigenvalue weighted by molar-refractivity contribution is 9.10. The second-order valence-electron chi connectivity index (χ2n) is 5.51. The van der Waals surface area contributed by atoms with Gasteiger partial charge < -0.3 is 10.1 Å². The van der Waals surface area contributed by atoms with Gasteiger partial charge in [-0.05, 0) is 49.2 Å². The summed E-state index contributed by atoms with van der Waals surface area (Å²) in [6, 6.07) is 17.5. The number of para-hydroxylation sites is 1. The number of likely N-dealkylation sites (N-methyl/N-ethyl adjacent to an activating group) is 1. The van der Waals surface area contributed by atoms with Crippen LogP contribution in [0.3, 0.4) is 0 Å². The highest BCUT2D eigenvalue weighted by Gasteiger charge is 2.27. The molecule has 1 heterocycles. The molecule has 0 amide bonds. The van der Waals surface area contributed by atoms with E-state index in [0.29, 0.717) is 12.0 Å². The Hall–Kier alpha value is -1.32. The van der Waals surface area contributed by atoms with Crippen LogP contribution in [0.15, 0.2) is 53.0 Å². The predicted molar refractivity (Wildman–Crippen MR) is 90.0 cm³/mol. The van der Waals surface area contributed by atoms with Gasteiger partial charge in [-0.15, -0.1) is 0 Å². The van der Waals surface area contributed by atoms with Crippen LogP contribution in [-0.2, 0) is 6.42 Å². The summed E-state index contributed by atoms with van der Waals surface area (Å²) in [6.07, 6.45) is 2.10. The van der Waals surface area contributed by atoms with Gasteiger partial charge in [-0.3, -0.25) is 0 Å². The fraction of sp³-hybridized carbons (Fsp3) is 0.333. The van der Waals surface area contributed by atoms with Crippen molar-refractivity contribution in [1.82, 2.24) is 5.32 Å². The van der Waals surface area contributed by atoms with Crippen LogP contribution in [0.2, 0.25) is 0 Å². The number of hydrogen-bond donors (Lipinski definition) is 1. The normalized spacial score (nSPS) is 18.7. The van der Waals surface area contributed by atoms with Gasteiger partial charge in [0.1, 0.15) is 5.75 Å². The molecule has 0 saturated heterocycles. The molecule has 2 aromatic rings. The minimum absolute atomic E-state index is 0.427. The number of halogens is 1. The van der Waals surface area contributed by atoms with E-state index in [2.05, 4.69) is 70.8 Å². The lowest BCUT2D eigenvalue weighted by atomic mass is 9.84. The molecule has 3 heteroatoms. The zero-order valence-corrected chi connectivity index (χ0v) is 13.8. The fourth-order valence-corrected chi connectivity index (χ4v) is 3.37. The highest BCUT2D eigenvalue weighted by atomic mass is 79.9. The third-order valence-electron chi connectivity index (χ3n) is 4.23. The van der Waals surface area contributed by atoms with E-state index in [1.165, 1.54) is 11.1 Å². The molecular weight excluding hydrogens is 326 g/mol. The zero-order valence-electron chi connectivity index (χ0n) is 12.2. The number of rotatable bonds is 4. The molecule has 0 saturated carbocycles. The summed E-state index contributed by atoms with van der Waals surface area (Å²) in [5.74, 6) is 1.55. The first-order chi connectivity index (χ1) is 10.3. The molecule has 2 atom stereocenters. The van der Waals surface area contributed by atoms with E-state index in [0.717, 1.165) is 29.7 Å².